The summed E-state index contributed by atoms with van der Waals surface area (Å²) in [6.07, 6.45) is -36.5. The van der Waals surface area contributed by atoms with Crippen LogP contribution < -0.4 is 14.9 Å². The summed E-state index contributed by atoms with van der Waals surface area (Å²) in [6, 6.07) is 6.85. The minimum Gasteiger partial charge on any atom is -0.508 e. The molecule has 0 radical (unpaired) electrons. The van der Waals surface area contributed by atoms with Crippen molar-refractivity contribution >= 4 is 11.0 Å². The highest BCUT2D eigenvalue weighted by Gasteiger charge is 2.53. The van der Waals surface area contributed by atoms with Gasteiger partial charge in [0.25, 0.3) is 0 Å². The third kappa shape index (κ3) is 9.49. The number of ether oxygens (including phenoxy) is 8. The van der Waals surface area contributed by atoms with Gasteiger partial charge in [0.05, 0.1) is 26.4 Å². The number of phenols is 2. The predicted octanol–water partition coefficient (Wildman–Crippen LogP) is -7.12. The summed E-state index contributed by atoms with van der Waals surface area (Å²) in [5.74, 6) is -2.69. The maximum absolute atomic E-state index is 14.4. The largest absolute Gasteiger partial charge is 0.508 e. The average molecular weight is 935 g/mol. The second-order valence-corrected chi connectivity index (χ2v) is 15.7. The zero-order valence-electron chi connectivity index (χ0n) is 33.6. The van der Waals surface area contributed by atoms with Crippen LogP contribution in [0.1, 0.15) is 0 Å². The molecule has 26 heteroatoms. The molecule has 0 amide bonds. The number of rotatable bonds is 13. The SMILES string of the molecule is O=c1c(O[C@@H]2OC(CO)[C@@H](O)[C@H](O)C2O[C@@H]2OC(CO)[C@@H](O)[C@H](O)C2O)c(-c2ccc(O)cc2)oc2cc(O[C@@H]3OC(CO)[C@@H](O[C@@H]4OC(CO)[C@@H](O)[C@H](O)C4O)[C@H](O)C3O)cc(O)c12. The molecule has 0 saturated carbocycles. The molecular formula is C39H50O26. The molecule has 1 aromatic heterocycles. The number of fused-ring (bicyclic) bond motifs is 1. The van der Waals surface area contributed by atoms with E-state index in [0.29, 0.717) is 0 Å². The topological polar surface area (TPSA) is 428 Å². The number of phenolic OH excluding ortho intramolecular Hbond substituents is 2. The molecule has 4 aliphatic heterocycles. The summed E-state index contributed by atoms with van der Waals surface area (Å²) in [4.78, 5) is 14.4. The van der Waals surface area contributed by atoms with Gasteiger partial charge in [-0.05, 0) is 24.3 Å². The van der Waals surface area contributed by atoms with Crippen LogP contribution in [0.5, 0.6) is 23.0 Å². The highest BCUT2D eigenvalue weighted by molar-refractivity contribution is 5.88. The van der Waals surface area contributed by atoms with Gasteiger partial charge in [0.15, 0.2) is 24.4 Å². The lowest BCUT2D eigenvalue weighted by atomic mass is 9.97. The van der Waals surface area contributed by atoms with E-state index in [-0.39, 0.29) is 17.1 Å². The Morgan fingerprint density at radius 3 is 1.49 bits per heavy atom. The van der Waals surface area contributed by atoms with Crippen molar-refractivity contribution in [2.75, 3.05) is 26.4 Å². The van der Waals surface area contributed by atoms with E-state index < -0.39 is 183 Å². The fraction of sp³-hybridized carbons (Fsp3) is 0.615. The molecule has 65 heavy (non-hydrogen) atoms. The number of aliphatic hydroxyl groups excluding tert-OH is 14. The van der Waals surface area contributed by atoms with Crippen molar-refractivity contribution in [1.29, 1.82) is 0 Å². The summed E-state index contributed by atoms with van der Waals surface area (Å²) in [5.41, 5.74) is -1.56. The third-order valence-corrected chi connectivity index (χ3v) is 11.4. The Balaban J connectivity index is 1.20. The number of benzene rings is 2. The third-order valence-electron chi connectivity index (χ3n) is 11.4. The smallest absolute Gasteiger partial charge is 0.239 e. The lowest BCUT2D eigenvalue weighted by Crippen LogP contribution is -2.65. The Morgan fingerprint density at radius 1 is 0.492 bits per heavy atom. The highest BCUT2D eigenvalue weighted by atomic mass is 16.8. The molecule has 0 bridgehead atoms. The van der Waals surface area contributed by atoms with E-state index in [0.717, 1.165) is 12.1 Å². The number of aliphatic hydroxyl groups is 14. The van der Waals surface area contributed by atoms with E-state index in [9.17, 15) is 86.5 Å². The molecule has 4 saturated heterocycles. The predicted molar refractivity (Wildman–Crippen MR) is 205 cm³/mol. The summed E-state index contributed by atoms with van der Waals surface area (Å²) in [6.45, 7) is -3.50. The Labute approximate surface area is 364 Å². The number of hydrogen-bond acceptors (Lipinski definition) is 26. The van der Waals surface area contributed by atoms with Gasteiger partial charge in [-0.15, -0.1) is 0 Å². The number of aromatic hydroxyl groups is 2. The Morgan fingerprint density at radius 2 is 0.954 bits per heavy atom. The minimum atomic E-state index is -2.05. The van der Waals surface area contributed by atoms with Crippen LogP contribution in [0.15, 0.2) is 45.6 Å². The molecule has 26 nitrogen and oxygen atoms in total. The van der Waals surface area contributed by atoms with Crippen molar-refractivity contribution in [3.8, 4) is 34.3 Å². The van der Waals surface area contributed by atoms with E-state index in [4.69, 9.17) is 42.3 Å². The molecule has 16 N–H and O–H groups in total. The fourth-order valence-electron chi connectivity index (χ4n) is 7.77. The van der Waals surface area contributed by atoms with Crippen LogP contribution in [0.25, 0.3) is 22.3 Å². The van der Waals surface area contributed by atoms with Crippen LogP contribution >= 0.6 is 0 Å². The minimum absolute atomic E-state index is 0.0227. The van der Waals surface area contributed by atoms with Gasteiger partial charge in [0.2, 0.25) is 23.8 Å². The van der Waals surface area contributed by atoms with Crippen LogP contribution in [-0.2, 0) is 28.4 Å². The molecule has 3 aromatic rings. The molecule has 362 valence electrons. The van der Waals surface area contributed by atoms with Gasteiger partial charge in [0.1, 0.15) is 120 Å². The van der Waals surface area contributed by atoms with Crippen LogP contribution in [0, 0.1) is 0 Å². The van der Waals surface area contributed by atoms with E-state index >= 15 is 0 Å². The van der Waals surface area contributed by atoms with Crippen molar-refractivity contribution in [3.63, 3.8) is 0 Å². The molecule has 0 spiro atoms. The maximum Gasteiger partial charge on any atom is 0.239 e. The first-order valence-corrected chi connectivity index (χ1v) is 20.1. The van der Waals surface area contributed by atoms with Crippen molar-refractivity contribution in [3.05, 3.63) is 46.6 Å². The average Bonchev–Trinajstić information content (AvgIpc) is 3.29. The van der Waals surface area contributed by atoms with Crippen molar-refractivity contribution in [2.24, 2.45) is 0 Å². The standard InChI is InChI=1S/C39H50O26/c40-7-16-21(46)25(50)29(54)37(59-16)63-33-19(10-43)62-36(31(56)28(33)53)57-13-5-14(45)20-15(6-13)58-32(11-1-3-12(44)4-2-11)34(24(20)49)64-39-35(27(52)23(48)18(9-42)61-39)65-38-30(55)26(51)22(47)17(8-41)60-38/h1-6,16-19,21-23,25-31,33,35-48,50-56H,7-10H2/t16?,17?,18?,19?,21-,22-,23-,25+,26+,27+,28-,29?,30?,31?,33-,35?,36-,37+,38+,39+/m1/s1. The van der Waals surface area contributed by atoms with Gasteiger partial charge in [-0.25, -0.2) is 0 Å². The van der Waals surface area contributed by atoms with E-state index in [1.54, 1.807) is 0 Å². The first kappa shape index (κ1) is 49.0. The van der Waals surface area contributed by atoms with Gasteiger partial charge in [0, 0.05) is 17.7 Å². The van der Waals surface area contributed by atoms with Crippen molar-refractivity contribution in [2.45, 2.75) is 123 Å². The molecule has 2 aromatic carbocycles. The first-order valence-electron chi connectivity index (χ1n) is 20.1. The first-order chi connectivity index (χ1) is 30.9. The maximum atomic E-state index is 14.4. The van der Waals surface area contributed by atoms with Gasteiger partial charge in [-0.2, -0.15) is 0 Å². The summed E-state index contributed by atoms with van der Waals surface area (Å²) >= 11 is 0. The molecule has 0 aliphatic carbocycles. The van der Waals surface area contributed by atoms with Crippen LogP contribution in [0.2, 0.25) is 0 Å². The lowest BCUT2D eigenvalue weighted by molar-refractivity contribution is -0.358. The Hall–Kier alpha value is -3.95. The summed E-state index contributed by atoms with van der Waals surface area (Å²) < 4.78 is 51.1. The molecule has 4 aliphatic rings. The normalized spacial score (nSPS) is 40.2. The van der Waals surface area contributed by atoms with E-state index in [1.807, 2.05) is 0 Å². The fourth-order valence-corrected chi connectivity index (χ4v) is 7.77. The monoisotopic (exact) mass is 934 g/mol. The summed E-state index contributed by atoms with van der Waals surface area (Å²) in [7, 11) is 0. The second-order valence-electron chi connectivity index (χ2n) is 15.7. The molecule has 8 unspecified atom stereocenters. The Bertz CT molecular complexity index is 2120. The van der Waals surface area contributed by atoms with Gasteiger partial charge < -0.3 is 124 Å². The van der Waals surface area contributed by atoms with Crippen LogP contribution in [0.3, 0.4) is 0 Å². The van der Waals surface area contributed by atoms with Crippen molar-refractivity contribution in [1.82, 2.24) is 0 Å². The molecule has 20 atom stereocenters. The lowest BCUT2D eigenvalue weighted by Gasteiger charge is -2.45. The van der Waals surface area contributed by atoms with Crippen molar-refractivity contribution < 1.29 is 124 Å². The van der Waals surface area contributed by atoms with E-state index in [2.05, 4.69) is 0 Å². The Kier molecular flexibility index (Phi) is 15.1. The quantitative estimate of drug-likeness (QED) is 0.0757. The molecular weight excluding hydrogens is 884 g/mol. The second kappa shape index (κ2) is 20.1. The summed E-state index contributed by atoms with van der Waals surface area (Å²) in [5, 5.41) is 166. The zero-order chi connectivity index (χ0) is 47.2. The van der Waals surface area contributed by atoms with E-state index in [1.165, 1.54) is 24.3 Å². The molecule has 7 rings (SSSR count). The molecule has 5 heterocycles. The highest BCUT2D eigenvalue weighted by Crippen LogP contribution is 2.40. The van der Waals surface area contributed by atoms with Gasteiger partial charge in [-0.3, -0.25) is 4.79 Å². The molecule has 4 fully saturated rings. The van der Waals surface area contributed by atoms with Gasteiger partial charge in [-0.1, -0.05) is 0 Å². The number of hydrogen-bond donors (Lipinski definition) is 16. The van der Waals surface area contributed by atoms with Crippen LogP contribution in [0.4, 0.5) is 0 Å². The van der Waals surface area contributed by atoms with Gasteiger partial charge >= 0.3 is 0 Å². The van der Waals surface area contributed by atoms with Crippen LogP contribution in [-0.4, -0.2) is 231 Å². The zero-order valence-corrected chi connectivity index (χ0v) is 33.6.